The van der Waals surface area contributed by atoms with E-state index in [4.69, 9.17) is 9.84 Å². The van der Waals surface area contributed by atoms with Crippen molar-refractivity contribution in [3.63, 3.8) is 0 Å². The summed E-state index contributed by atoms with van der Waals surface area (Å²) in [5, 5.41) is 8.66. The molecule has 0 saturated carbocycles. The van der Waals surface area contributed by atoms with Crippen LogP contribution in [0.25, 0.3) is 0 Å². The van der Waals surface area contributed by atoms with E-state index >= 15 is 0 Å². The van der Waals surface area contributed by atoms with Gasteiger partial charge in [-0.25, -0.2) is 0 Å². The quantitative estimate of drug-likeness (QED) is 0.365. The Kier molecular flexibility index (Phi) is 4.19. The van der Waals surface area contributed by atoms with E-state index in [0.717, 1.165) is 17.3 Å². The molecule has 0 aromatic heterocycles. The predicted molar refractivity (Wildman–Crippen MR) is 62.2 cm³/mol. The Balaban J connectivity index is 2.19. The molecule has 13 heavy (non-hydrogen) atoms. The van der Waals surface area contributed by atoms with Gasteiger partial charge in [0.15, 0.2) is 0 Å². The molecule has 2 nitrogen and oxygen atoms in total. The summed E-state index contributed by atoms with van der Waals surface area (Å²) in [7, 11) is 0. The van der Waals surface area contributed by atoms with Crippen LogP contribution in [0.15, 0.2) is 11.6 Å². The van der Waals surface area contributed by atoms with Crippen LogP contribution in [0.3, 0.4) is 0 Å². The summed E-state index contributed by atoms with van der Waals surface area (Å²) in [6.07, 6.45) is 4.43. The normalized spacial score (nSPS) is 33.5. The van der Waals surface area contributed by atoms with E-state index in [1.54, 1.807) is 0 Å². The van der Waals surface area contributed by atoms with E-state index in [1.807, 2.05) is 6.08 Å². The highest BCUT2D eigenvalue weighted by Crippen LogP contribution is 2.41. The van der Waals surface area contributed by atoms with Crippen LogP contribution < -0.4 is 0 Å². The molecule has 76 valence electrons. The van der Waals surface area contributed by atoms with Crippen molar-refractivity contribution >= 4 is 22.6 Å². The first-order valence-electron chi connectivity index (χ1n) is 4.62. The van der Waals surface area contributed by atoms with Crippen LogP contribution in [0.2, 0.25) is 0 Å². The molecule has 1 N–H and O–H groups in total. The molecular weight excluding hydrogens is 279 g/mol. The number of halogens is 1. The average molecular weight is 296 g/mol. The largest absolute Gasteiger partial charge is 0.392 e. The number of ether oxygens (including phenoxy) is 1. The van der Waals surface area contributed by atoms with Gasteiger partial charge in [0.05, 0.1) is 12.7 Å². The fraction of sp³-hybridized carbons (Fsp3) is 0.800. The van der Waals surface area contributed by atoms with E-state index in [9.17, 15) is 0 Å². The van der Waals surface area contributed by atoms with Gasteiger partial charge in [0.1, 0.15) is 5.60 Å². The number of allylic oxidation sites excluding steroid dienone is 1. The highest BCUT2D eigenvalue weighted by Gasteiger charge is 2.50. The number of rotatable bonds is 5. The van der Waals surface area contributed by atoms with Crippen molar-refractivity contribution in [1.82, 2.24) is 0 Å². The molecule has 0 spiro atoms. The van der Waals surface area contributed by atoms with Gasteiger partial charge in [-0.05, 0) is 26.7 Å². The molecule has 3 heteroatoms. The van der Waals surface area contributed by atoms with Crippen molar-refractivity contribution in [2.75, 3.05) is 11.0 Å². The summed E-state index contributed by atoms with van der Waals surface area (Å²) in [6, 6.07) is 0. The molecule has 0 radical (unpaired) electrons. The van der Waals surface area contributed by atoms with E-state index < -0.39 is 0 Å². The lowest BCUT2D eigenvalue weighted by molar-refractivity contribution is 0.324. The molecule has 0 aliphatic carbocycles. The lowest BCUT2D eigenvalue weighted by atomic mass is 10.0. The van der Waals surface area contributed by atoms with E-state index in [1.165, 1.54) is 5.57 Å². The molecular formula is C10H17IO2. The zero-order valence-electron chi connectivity index (χ0n) is 8.22. The zero-order chi connectivity index (χ0) is 9.90. The van der Waals surface area contributed by atoms with Crippen molar-refractivity contribution in [3.05, 3.63) is 11.6 Å². The van der Waals surface area contributed by atoms with Crippen molar-refractivity contribution in [3.8, 4) is 0 Å². The van der Waals surface area contributed by atoms with Gasteiger partial charge in [-0.1, -0.05) is 34.2 Å². The smallest absolute Gasteiger partial charge is 0.101 e. The second-order valence-corrected chi connectivity index (χ2v) is 4.59. The minimum Gasteiger partial charge on any atom is -0.392 e. The molecule has 1 rings (SSSR count). The lowest BCUT2D eigenvalue weighted by Crippen LogP contribution is -2.10. The second kappa shape index (κ2) is 4.75. The molecule has 0 unspecified atom stereocenters. The van der Waals surface area contributed by atoms with Crippen molar-refractivity contribution in [2.24, 2.45) is 0 Å². The van der Waals surface area contributed by atoms with Gasteiger partial charge in [-0.3, -0.25) is 0 Å². The van der Waals surface area contributed by atoms with Gasteiger partial charge >= 0.3 is 0 Å². The highest BCUT2D eigenvalue weighted by molar-refractivity contribution is 14.1. The van der Waals surface area contributed by atoms with Gasteiger partial charge in [0, 0.05) is 4.43 Å². The maximum atomic E-state index is 8.66. The number of alkyl halides is 1. The van der Waals surface area contributed by atoms with Crippen LogP contribution in [-0.2, 0) is 4.74 Å². The van der Waals surface area contributed by atoms with Crippen LogP contribution in [-0.4, -0.2) is 27.8 Å². The van der Waals surface area contributed by atoms with Crippen molar-refractivity contribution in [1.29, 1.82) is 0 Å². The Hall–Kier alpha value is 0.390. The van der Waals surface area contributed by atoms with Crippen molar-refractivity contribution in [2.45, 2.75) is 38.4 Å². The van der Waals surface area contributed by atoms with Crippen molar-refractivity contribution < 1.29 is 9.84 Å². The molecule has 1 saturated heterocycles. The summed E-state index contributed by atoms with van der Waals surface area (Å²) in [6.45, 7) is 4.37. The molecule has 1 fully saturated rings. The highest BCUT2D eigenvalue weighted by atomic mass is 127. The number of hydrogen-bond acceptors (Lipinski definition) is 2. The number of aliphatic hydroxyl groups excluding tert-OH is 1. The second-order valence-electron chi connectivity index (χ2n) is 3.82. The molecule has 2 atom stereocenters. The minimum atomic E-state index is 0.139. The van der Waals surface area contributed by atoms with E-state index in [-0.39, 0.29) is 12.2 Å². The van der Waals surface area contributed by atoms with Crippen LogP contribution in [0.1, 0.15) is 26.7 Å². The maximum Gasteiger partial charge on any atom is 0.101 e. The van der Waals surface area contributed by atoms with Gasteiger partial charge in [0.2, 0.25) is 0 Å². The third-order valence-electron chi connectivity index (χ3n) is 2.54. The first kappa shape index (κ1) is 11.5. The monoisotopic (exact) mass is 296 g/mol. The Bertz CT molecular complexity index is 203. The molecule has 1 heterocycles. The van der Waals surface area contributed by atoms with Gasteiger partial charge < -0.3 is 9.84 Å². The first-order chi connectivity index (χ1) is 6.12. The molecule has 1 aliphatic heterocycles. The average Bonchev–Trinajstić information content (AvgIpc) is 2.76. The Morgan fingerprint density at radius 3 is 2.85 bits per heavy atom. The van der Waals surface area contributed by atoms with Crippen LogP contribution in [0.4, 0.5) is 0 Å². The fourth-order valence-corrected chi connectivity index (χ4v) is 2.06. The molecule has 0 amide bonds. The maximum absolute atomic E-state index is 8.66. The third-order valence-corrected chi connectivity index (χ3v) is 4.06. The Labute approximate surface area is 93.5 Å². The molecule has 1 aliphatic rings. The minimum absolute atomic E-state index is 0.139. The molecule has 0 bridgehead atoms. The van der Waals surface area contributed by atoms with Gasteiger partial charge in [-0.15, -0.1) is 0 Å². The van der Waals surface area contributed by atoms with Crippen LogP contribution in [0, 0.1) is 0 Å². The number of aliphatic hydroxyl groups is 1. The topological polar surface area (TPSA) is 32.8 Å². The first-order valence-corrected chi connectivity index (χ1v) is 6.15. The van der Waals surface area contributed by atoms with Gasteiger partial charge in [-0.2, -0.15) is 0 Å². The SMILES string of the molecule is C/C(=C\CO)CC[C@H]1O[C@]1(C)CI. The summed E-state index contributed by atoms with van der Waals surface area (Å²) < 4.78 is 6.65. The fourth-order valence-electron chi connectivity index (χ4n) is 1.39. The van der Waals surface area contributed by atoms with Crippen LogP contribution in [0.5, 0.6) is 0 Å². The Morgan fingerprint density at radius 1 is 1.69 bits per heavy atom. The zero-order valence-corrected chi connectivity index (χ0v) is 10.4. The number of epoxide rings is 1. The molecule has 0 aromatic rings. The predicted octanol–water partition coefficient (Wildman–Crippen LogP) is 2.30. The number of hydrogen-bond donors (Lipinski definition) is 1. The van der Waals surface area contributed by atoms with E-state index in [0.29, 0.717) is 6.10 Å². The standard InChI is InChI=1S/C10H17IO2/c1-8(5-6-12)3-4-9-10(2,7-11)13-9/h5,9,12H,3-4,6-7H2,1-2H3/b8-5+/t9-,10-/m1/s1. The summed E-state index contributed by atoms with van der Waals surface area (Å²) >= 11 is 2.37. The van der Waals surface area contributed by atoms with E-state index in [2.05, 4.69) is 36.4 Å². The summed E-state index contributed by atoms with van der Waals surface area (Å²) in [5.74, 6) is 0. The third kappa shape index (κ3) is 3.22. The summed E-state index contributed by atoms with van der Waals surface area (Å²) in [4.78, 5) is 0. The van der Waals surface area contributed by atoms with Gasteiger partial charge in [0.25, 0.3) is 0 Å². The van der Waals surface area contributed by atoms with Crippen LogP contribution >= 0.6 is 22.6 Å². The lowest BCUT2D eigenvalue weighted by Gasteiger charge is -2.00. The Morgan fingerprint density at radius 2 is 2.38 bits per heavy atom. The summed E-state index contributed by atoms with van der Waals surface area (Å²) in [5.41, 5.74) is 1.40. The molecule has 0 aromatic carbocycles.